The summed E-state index contributed by atoms with van der Waals surface area (Å²) >= 11 is 0. The third-order valence-electron chi connectivity index (χ3n) is 3.49. The number of rotatable bonds is 3. The van der Waals surface area contributed by atoms with E-state index in [9.17, 15) is 4.79 Å². The summed E-state index contributed by atoms with van der Waals surface area (Å²) in [6.07, 6.45) is 5.93. The third kappa shape index (κ3) is 1.72. The zero-order valence-corrected chi connectivity index (χ0v) is 8.29. The molecule has 2 rings (SSSR count). The molecule has 2 bridgehead atoms. The molecule has 0 aromatic heterocycles. The van der Waals surface area contributed by atoms with Crippen LogP contribution in [0.3, 0.4) is 0 Å². The lowest BCUT2D eigenvalue weighted by atomic mass is 9.89. The molecule has 0 radical (unpaired) electrons. The van der Waals surface area contributed by atoms with E-state index >= 15 is 0 Å². The summed E-state index contributed by atoms with van der Waals surface area (Å²) in [6.45, 7) is 2.64. The van der Waals surface area contributed by atoms with Crippen molar-refractivity contribution in [3.63, 3.8) is 0 Å². The van der Waals surface area contributed by atoms with Crippen LogP contribution in [0.25, 0.3) is 0 Å². The van der Waals surface area contributed by atoms with Crippen molar-refractivity contribution in [2.75, 3.05) is 6.61 Å². The summed E-state index contributed by atoms with van der Waals surface area (Å²) in [4.78, 5) is 11.6. The zero-order valence-electron chi connectivity index (χ0n) is 8.29. The molecule has 0 amide bonds. The molecular weight excluding hydrogens is 164 g/mol. The van der Waals surface area contributed by atoms with Gasteiger partial charge in [-0.25, -0.2) is 0 Å². The molecule has 2 heteroatoms. The van der Waals surface area contributed by atoms with Crippen LogP contribution in [0, 0.1) is 17.8 Å². The Balaban J connectivity index is 1.84. The molecule has 0 heterocycles. The van der Waals surface area contributed by atoms with Crippen LogP contribution in [-0.4, -0.2) is 12.6 Å². The molecule has 13 heavy (non-hydrogen) atoms. The van der Waals surface area contributed by atoms with Gasteiger partial charge in [0, 0.05) is 0 Å². The smallest absolute Gasteiger partial charge is 0.309 e. The summed E-state index contributed by atoms with van der Waals surface area (Å²) in [6, 6.07) is 0. The Labute approximate surface area is 79.7 Å². The first kappa shape index (κ1) is 9.04. The zero-order chi connectivity index (χ0) is 9.26. The van der Waals surface area contributed by atoms with E-state index in [4.69, 9.17) is 4.74 Å². The SMILES string of the molecule is CCCOC(=O)[C@@H]1C[C@H]2CC[C@@H]1C2. The second-order valence-corrected chi connectivity index (χ2v) is 4.45. The molecule has 3 atom stereocenters. The van der Waals surface area contributed by atoms with Crippen molar-refractivity contribution >= 4 is 5.97 Å². The number of carbonyl (C=O) groups excluding carboxylic acids is 1. The van der Waals surface area contributed by atoms with Crippen molar-refractivity contribution in [2.24, 2.45) is 17.8 Å². The maximum Gasteiger partial charge on any atom is 0.309 e. The number of ether oxygens (including phenoxy) is 1. The molecule has 0 aromatic carbocycles. The van der Waals surface area contributed by atoms with Gasteiger partial charge in [-0.15, -0.1) is 0 Å². The highest BCUT2D eigenvalue weighted by Gasteiger charge is 2.43. The van der Waals surface area contributed by atoms with Crippen LogP contribution in [0.5, 0.6) is 0 Å². The fourth-order valence-electron chi connectivity index (χ4n) is 2.84. The highest BCUT2D eigenvalue weighted by Crippen LogP contribution is 2.48. The van der Waals surface area contributed by atoms with E-state index in [-0.39, 0.29) is 11.9 Å². The average Bonchev–Trinajstić information content (AvgIpc) is 2.74. The summed E-state index contributed by atoms with van der Waals surface area (Å²) in [5.74, 6) is 1.83. The van der Waals surface area contributed by atoms with Crippen molar-refractivity contribution in [2.45, 2.75) is 39.0 Å². The van der Waals surface area contributed by atoms with Crippen LogP contribution in [-0.2, 0) is 9.53 Å². The van der Waals surface area contributed by atoms with Crippen LogP contribution in [0.1, 0.15) is 39.0 Å². The topological polar surface area (TPSA) is 26.3 Å². The second-order valence-electron chi connectivity index (χ2n) is 4.45. The van der Waals surface area contributed by atoms with E-state index in [1.807, 2.05) is 6.92 Å². The molecule has 0 unspecified atom stereocenters. The molecular formula is C11H18O2. The van der Waals surface area contributed by atoms with E-state index in [2.05, 4.69) is 0 Å². The van der Waals surface area contributed by atoms with Gasteiger partial charge in [-0.05, 0) is 37.5 Å². The predicted octanol–water partition coefficient (Wildman–Crippen LogP) is 2.38. The first-order valence-corrected chi connectivity index (χ1v) is 5.48. The van der Waals surface area contributed by atoms with Gasteiger partial charge in [0.2, 0.25) is 0 Å². The van der Waals surface area contributed by atoms with Crippen LogP contribution >= 0.6 is 0 Å². The molecule has 0 N–H and O–H groups in total. The van der Waals surface area contributed by atoms with Gasteiger partial charge in [-0.3, -0.25) is 4.79 Å². The predicted molar refractivity (Wildman–Crippen MR) is 50.2 cm³/mol. The molecule has 2 aliphatic rings. The largest absolute Gasteiger partial charge is 0.465 e. The molecule has 0 saturated heterocycles. The fourth-order valence-corrected chi connectivity index (χ4v) is 2.84. The first-order chi connectivity index (χ1) is 6.31. The maximum atomic E-state index is 11.6. The quantitative estimate of drug-likeness (QED) is 0.626. The Hall–Kier alpha value is -0.530. The highest BCUT2D eigenvalue weighted by atomic mass is 16.5. The van der Waals surface area contributed by atoms with Gasteiger partial charge in [0.1, 0.15) is 0 Å². The summed E-state index contributed by atoms with van der Waals surface area (Å²) in [7, 11) is 0. The van der Waals surface area contributed by atoms with Crippen molar-refractivity contribution in [3.05, 3.63) is 0 Å². The molecule has 0 spiro atoms. The van der Waals surface area contributed by atoms with Crippen molar-refractivity contribution in [1.82, 2.24) is 0 Å². The average molecular weight is 182 g/mol. The number of carbonyl (C=O) groups is 1. The maximum absolute atomic E-state index is 11.6. The molecule has 2 nitrogen and oxygen atoms in total. The number of fused-ring (bicyclic) bond motifs is 2. The Morgan fingerprint density at radius 2 is 2.23 bits per heavy atom. The normalized spacial score (nSPS) is 36.5. The Morgan fingerprint density at radius 3 is 2.77 bits per heavy atom. The monoisotopic (exact) mass is 182 g/mol. The lowest BCUT2D eigenvalue weighted by molar-refractivity contribution is -0.150. The number of hydrogen-bond acceptors (Lipinski definition) is 2. The van der Waals surface area contributed by atoms with E-state index in [0.717, 1.165) is 18.8 Å². The molecule has 0 aliphatic heterocycles. The second kappa shape index (κ2) is 3.69. The van der Waals surface area contributed by atoms with E-state index in [1.165, 1.54) is 19.3 Å². The van der Waals surface area contributed by atoms with Crippen molar-refractivity contribution in [1.29, 1.82) is 0 Å². The Kier molecular flexibility index (Phi) is 2.56. The van der Waals surface area contributed by atoms with E-state index in [0.29, 0.717) is 12.5 Å². The van der Waals surface area contributed by atoms with E-state index in [1.54, 1.807) is 0 Å². The van der Waals surface area contributed by atoms with Gasteiger partial charge in [0.05, 0.1) is 12.5 Å². The Morgan fingerprint density at radius 1 is 1.38 bits per heavy atom. The van der Waals surface area contributed by atoms with Gasteiger partial charge in [-0.2, -0.15) is 0 Å². The molecule has 0 aromatic rings. The lowest BCUT2D eigenvalue weighted by Gasteiger charge is -2.19. The minimum Gasteiger partial charge on any atom is -0.465 e. The molecule has 74 valence electrons. The summed E-state index contributed by atoms with van der Waals surface area (Å²) in [5.41, 5.74) is 0. The summed E-state index contributed by atoms with van der Waals surface area (Å²) in [5, 5.41) is 0. The van der Waals surface area contributed by atoms with Crippen LogP contribution in [0.4, 0.5) is 0 Å². The van der Waals surface area contributed by atoms with Crippen LogP contribution < -0.4 is 0 Å². The van der Waals surface area contributed by atoms with Gasteiger partial charge < -0.3 is 4.74 Å². The van der Waals surface area contributed by atoms with Gasteiger partial charge in [-0.1, -0.05) is 13.3 Å². The number of hydrogen-bond donors (Lipinski definition) is 0. The van der Waals surface area contributed by atoms with E-state index < -0.39 is 0 Å². The van der Waals surface area contributed by atoms with Gasteiger partial charge in [0.15, 0.2) is 0 Å². The Bertz CT molecular complexity index is 200. The minimum atomic E-state index is 0.0778. The van der Waals surface area contributed by atoms with Crippen molar-refractivity contribution in [3.8, 4) is 0 Å². The minimum absolute atomic E-state index is 0.0778. The highest BCUT2D eigenvalue weighted by molar-refractivity contribution is 5.73. The lowest BCUT2D eigenvalue weighted by Crippen LogP contribution is -2.23. The molecule has 2 aliphatic carbocycles. The van der Waals surface area contributed by atoms with Crippen LogP contribution in [0.15, 0.2) is 0 Å². The number of esters is 1. The molecule has 2 saturated carbocycles. The fraction of sp³-hybridized carbons (Fsp3) is 0.909. The standard InChI is InChI=1S/C11H18O2/c1-2-5-13-11(12)10-7-8-3-4-9(10)6-8/h8-10H,2-7H2,1H3/t8-,9+,10+/m0/s1. The van der Waals surface area contributed by atoms with Gasteiger partial charge in [0.25, 0.3) is 0 Å². The first-order valence-electron chi connectivity index (χ1n) is 5.48. The third-order valence-corrected chi connectivity index (χ3v) is 3.49. The molecule has 2 fully saturated rings. The van der Waals surface area contributed by atoms with Crippen LogP contribution in [0.2, 0.25) is 0 Å². The van der Waals surface area contributed by atoms with Gasteiger partial charge >= 0.3 is 5.97 Å². The van der Waals surface area contributed by atoms with Crippen molar-refractivity contribution < 1.29 is 9.53 Å². The summed E-state index contributed by atoms with van der Waals surface area (Å²) < 4.78 is 5.19.